The molecule has 0 aromatic heterocycles. The molecule has 0 bridgehead atoms. The van der Waals surface area contributed by atoms with Crippen molar-refractivity contribution in [1.29, 1.82) is 0 Å². The van der Waals surface area contributed by atoms with Gasteiger partial charge in [-0.25, -0.2) is 4.39 Å². The van der Waals surface area contributed by atoms with Crippen LogP contribution in [0.4, 0.5) is 4.39 Å². The zero-order chi connectivity index (χ0) is 13.1. The van der Waals surface area contributed by atoms with Crippen molar-refractivity contribution in [3.63, 3.8) is 0 Å². The maximum Gasteiger partial charge on any atom is 0.253 e. The lowest BCUT2D eigenvalue weighted by atomic mass is 10.2. The molecule has 1 atom stereocenters. The highest BCUT2D eigenvalue weighted by molar-refractivity contribution is 9.10. The molecule has 0 saturated carbocycles. The van der Waals surface area contributed by atoms with Gasteiger partial charge in [-0.2, -0.15) is 0 Å². The largest absolute Gasteiger partial charge is 0.376 e. The number of carbonyl (C=O) groups excluding carboxylic acids is 1. The Hall–Kier alpha value is -0.940. The summed E-state index contributed by atoms with van der Waals surface area (Å²) in [7, 11) is 1.74. The zero-order valence-corrected chi connectivity index (χ0v) is 11.7. The summed E-state index contributed by atoms with van der Waals surface area (Å²) < 4.78 is 18.9. The Labute approximate surface area is 114 Å². The average Bonchev–Trinajstić information content (AvgIpc) is 2.84. The maximum absolute atomic E-state index is 13.1. The second kappa shape index (κ2) is 5.80. The number of ether oxygens (including phenoxy) is 1. The second-order valence-corrected chi connectivity index (χ2v) is 5.30. The van der Waals surface area contributed by atoms with E-state index >= 15 is 0 Å². The minimum absolute atomic E-state index is 0.119. The molecule has 1 amide bonds. The Morgan fingerprint density at radius 1 is 1.61 bits per heavy atom. The number of hydrogen-bond acceptors (Lipinski definition) is 2. The van der Waals surface area contributed by atoms with Crippen LogP contribution in [0.5, 0.6) is 0 Å². The van der Waals surface area contributed by atoms with E-state index in [0.717, 1.165) is 19.4 Å². The molecular formula is C13H15BrFNO2. The van der Waals surface area contributed by atoms with E-state index in [1.165, 1.54) is 18.2 Å². The molecule has 98 valence electrons. The van der Waals surface area contributed by atoms with Gasteiger partial charge in [0.05, 0.1) is 10.6 Å². The summed E-state index contributed by atoms with van der Waals surface area (Å²) in [4.78, 5) is 13.7. The molecule has 1 aliphatic rings. The van der Waals surface area contributed by atoms with Crippen molar-refractivity contribution < 1.29 is 13.9 Å². The van der Waals surface area contributed by atoms with Crippen LogP contribution in [0.25, 0.3) is 0 Å². The molecule has 1 aromatic rings. The Morgan fingerprint density at radius 3 is 3.00 bits per heavy atom. The van der Waals surface area contributed by atoms with Gasteiger partial charge in [0.2, 0.25) is 0 Å². The Balaban J connectivity index is 2.02. The molecule has 1 aliphatic heterocycles. The second-order valence-electron chi connectivity index (χ2n) is 4.45. The Morgan fingerprint density at radius 2 is 2.39 bits per heavy atom. The fourth-order valence-electron chi connectivity index (χ4n) is 2.03. The predicted molar refractivity (Wildman–Crippen MR) is 70.0 cm³/mol. The monoisotopic (exact) mass is 315 g/mol. The topological polar surface area (TPSA) is 29.5 Å². The Bertz CT molecular complexity index is 447. The van der Waals surface area contributed by atoms with Crippen molar-refractivity contribution in [2.24, 2.45) is 0 Å². The molecule has 5 heteroatoms. The third kappa shape index (κ3) is 3.09. The summed E-state index contributed by atoms with van der Waals surface area (Å²) in [5, 5.41) is 0. The third-order valence-corrected chi connectivity index (χ3v) is 3.62. The fourth-order valence-corrected chi connectivity index (χ4v) is 2.41. The van der Waals surface area contributed by atoms with Gasteiger partial charge >= 0.3 is 0 Å². The highest BCUT2D eigenvalue weighted by Gasteiger charge is 2.21. The highest BCUT2D eigenvalue weighted by atomic mass is 79.9. The summed E-state index contributed by atoms with van der Waals surface area (Å²) in [5.74, 6) is -0.487. The van der Waals surface area contributed by atoms with Crippen LogP contribution < -0.4 is 0 Å². The van der Waals surface area contributed by atoms with E-state index in [-0.39, 0.29) is 17.8 Å². The molecule has 1 fully saturated rings. The predicted octanol–water partition coefficient (Wildman–Crippen LogP) is 2.84. The van der Waals surface area contributed by atoms with Crippen LogP contribution in [0.3, 0.4) is 0 Å². The first-order valence-corrected chi connectivity index (χ1v) is 6.69. The van der Waals surface area contributed by atoms with Crippen molar-refractivity contribution in [3.8, 4) is 0 Å². The SMILES string of the molecule is CN(CC1CCCO1)C(=O)c1ccc(F)c(Br)c1. The number of rotatable bonds is 3. The quantitative estimate of drug-likeness (QED) is 0.858. The lowest BCUT2D eigenvalue weighted by molar-refractivity contribution is 0.0587. The van der Waals surface area contributed by atoms with Gasteiger partial charge in [0, 0.05) is 25.8 Å². The molecule has 2 rings (SSSR count). The van der Waals surface area contributed by atoms with E-state index in [1.54, 1.807) is 11.9 Å². The average molecular weight is 316 g/mol. The molecule has 0 N–H and O–H groups in total. The highest BCUT2D eigenvalue weighted by Crippen LogP contribution is 2.19. The Kier molecular flexibility index (Phi) is 4.35. The smallest absolute Gasteiger partial charge is 0.253 e. The van der Waals surface area contributed by atoms with Gasteiger partial charge in [0.25, 0.3) is 5.91 Å². The first-order valence-electron chi connectivity index (χ1n) is 5.90. The summed E-state index contributed by atoms with van der Waals surface area (Å²) in [6, 6.07) is 4.29. The normalized spacial score (nSPS) is 18.9. The van der Waals surface area contributed by atoms with E-state index < -0.39 is 0 Å². The molecule has 1 saturated heterocycles. The van der Waals surface area contributed by atoms with Crippen molar-refractivity contribution >= 4 is 21.8 Å². The van der Waals surface area contributed by atoms with Gasteiger partial charge in [-0.05, 0) is 47.0 Å². The molecular weight excluding hydrogens is 301 g/mol. The number of hydrogen-bond donors (Lipinski definition) is 0. The molecule has 1 aromatic carbocycles. The maximum atomic E-state index is 13.1. The fraction of sp³-hybridized carbons (Fsp3) is 0.462. The van der Waals surface area contributed by atoms with Crippen LogP contribution in [0.2, 0.25) is 0 Å². The summed E-state index contributed by atoms with van der Waals surface area (Å²) in [6.45, 7) is 1.35. The van der Waals surface area contributed by atoms with Crippen LogP contribution in [0.15, 0.2) is 22.7 Å². The van der Waals surface area contributed by atoms with Crippen LogP contribution in [-0.2, 0) is 4.74 Å². The van der Waals surface area contributed by atoms with Crippen LogP contribution in [0.1, 0.15) is 23.2 Å². The number of likely N-dealkylation sites (N-methyl/N-ethyl adjacent to an activating group) is 1. The molecule has 1 unspecified atom stereocenters. The van der Waals surface area contributed by atoms with Gasteiger partial charge in [-0.3, -0.25) is 4.79 Å². The lowest BCUT2D eigenvalue weighted by Gasteiger charge is -2.21. The lowest BCUT2D eigenvalue weighted by Crippen LogP contribution is -2.34. The minimum atomic E-state index is -0.367. The summed E-state index contributed by atoms with van der Waals surface area (Å²) >= 11 is 3.08. The molecule has 0 radical (unpaired) electrons. The third-order valence-electron chi connectivity index (χ3n) is 3.01. The van der Waals surface area contributed by atoms with Crippen molar-refractivity contribution in [3.05, 3.63) is 34.1 Å². The molecule has 0 spiro atoms. The zero-order valence-electron chi connectivity index (χ0n) is 10.2. The standard InChI is InChI=1S/C13H15BrFNO2/c1-16(8-10-3-2-6-18-10)13(17)9-4-5-12(15)11(14)7-9/h4-5,7,10H,2-3,6,8H2,1H3. The van der Waals surface area contributed by atoms with E-state index in [1.807, 2.05) is 0 Å². The van der Waals surface area contributed by atoms with Crippen molar-refractivity contribution in [2.75, 3.05) is 20.2 Å². The number of amides is 1. The molecule has 0 aliphatic carbocycles. The molecule has 3 nitrogen and oxygen atoms in total. The van der Waals surface area contributed by atoms with Crippen molar-refractivity contribution in [2.45, 2.75) is 18.9 Å². The number of nitrogens with zero attached hydrogens (tertiary/aromatic N) is 1. The van der Waals surface area contributed by atoms with E-state index in [4.69, 9.17) is 4.74 Å². The van der Waals surface area contributed by atoms with E-state index in [0.29, 0.717) is 16.6 Å². The minimum Gasteiger partial charge on any atom is -0.376 e. The number of halogens is 2. The van der Waals surface area contributed by atoms with Crippen LogP contribution >= 0.6 is 15.9 Å². The van der Waals surface area contributed by atoms with E-state index in [2.05, 4.69) is 15.9 Å². The summed E-state index contributed by atoms with van der Waals surface area (Å²) in [6.07, 6.45) is 2.17. The first-order chi connectivity index (χ1) is 8.58. The first kappa shape index (κ1) is 13.5. The van der Waals surface area contributed by atoms with Gasteiger partial charge in [0.1, 0.15) is 5.82 Å². The number of benzene rings is 1. The van der Waals surface area contributed by atoms with Gasteiger partial charge in [0.15, 0.2) is 0 Å². The molecule has 1 heterocycles. The number of carbonyl (C=O) groups is 1. The van der Waals surface area contributed by atoms with Gasteiger partial charge in [-0.15, -0.1) is 0 Å². The van der Waals surface area contributed by atoms with E-state index in [9.17, 15) is 9.18 Å². The van der Waals surface area contributed by atoms with Crippen LogP contribution in [0, 0.1) is 5.82 Å². The summed E-state index contributed by atoms with van der Waals surface area (Å²) in [5.41, 5.74) is 0.476. The van der Waals surface area contributed by atoms with Crippen LogP contribution in [-0.4, -0.2) is 37.1 Å². The van der Waals surface area contributed by atoms with Crippen molar-refractivity contribution in [1.82, 2.24) is 4.90 Å². The molecule has 18 heavy (non-hydrogen) atoms. The van der Waals surface area contributed by atoms with Gasteiger partial charge in [-0.1, -0.05) is 0 Å². The van der Waals surface area contributed by atoms with Gasteiger partial charge < -0.3 is 9.64 Å².